The third-order valence-electron chi connectivity index (χ3n) is 5.51. The van der Waals surface area contributed by atoms with Gasteiger partial charge in [0.1, 0.15) is 29.6 Å². The first-order valence-corrected chi connectivity index (χ1v) is 9.10. The largest absolute Gasteiger partial charge is 0.508 e. The molecule has 0 saturated heterocycles. The number of phenols is 1. The molecule has 0 aromatic heterocycles. The van der Waals surface area contributed by atoms with Gasteiger partial charge in [0.25, 0.3) is 0 Å². The highest BCUT2D eigenvalue weighted by Gasteiger charge is 2.54. The summed E-state index contributed by atoms with van der Waals surface area (Å²) in [4.78, 5) is 0. The van der Waals surface area contributed by atoms with Gasteiger partial charge in [0, 0.05) is 29.2 Å². The van der Waals surface area contributed by atoms with Crippen LogP contribution in [0.1, 0.15) is 36.6 Å². The molecule has 7 nitrogen and oxygen atoms in total. The average molecular weight is 388 g/mol. The Bertz CT molecular complexity index is 918. The van der Waals surface area contributed by atoms with E-state index in [9.17, 15) is 20.4 Å². The highest BCUT2D eigenvalue weighted by atomic mass is 16.5. The second-order valence-corrected chi connectivity index (χ2v) is 7.93. The molecular weight excluding hydrogens is 364 g/mol. The molecule has 2 aliphatic heterocycles. The number of benzene rings is 2. The third kappa shape index (κ3) is 2.78. The molecule has 2 aromatic rings. The Morgan fingerprint density at radius 1 is 1.29 bits per heavy atom. The van der Waals surface area contributed by atoms with Crippen molar-refractivity contribution in [2.24, 2.45) is 0 Å². The topological polar surface area (TPSA) is 109 Å². The number of fused-ring (bicyclic) bond motifs is 5. The highest BCUT2D eigenvalue weighted by molar-refractivity contribution is 5.58. The summed E-state index contributed by atoms with van der Waals surface area (Å²) in [6, 6.07) is 8.10. The molecule has 2 aromatic carbocycles. The fraction of sp³-hybridized carbons (Fsp3) is 0.429. The summed E-state index contributed by atoms with van der Waals surface area (Å²) >= 11 is 0. The van der Waals surface area contributed by atoms with Gasteiger partial charge in [-0.25, -0.2) is 0 Å². The van der Waals surface area contributed by atoms with Gasteiger partial charge in [-0.05, 0) is 38.1 Å². The van der Waals surface area contributed by atoms with Crippen LogP contribution in [0.4, 0.5) is 0 Å². The van der Waals surface area contributed by atoms with Crippen LogP contribution in [-0.4, -0.2) is 45.8 Å². The zero-order chi connectivity index (χ0) is 20.3. The van der Waals surface area contributed by atoms with Crippen LogP contribution in [0.15, 0.2) is 30.3 Å². The molecule has 3 atom stereocenters. The van der Waals surface area contributed by atoms with Crippen molar-refractivity contribution in [2.75, 3.05) is 13.7 Å². The van der Waals surface area contributed by atoms with Gasteiger partial charge in [0.15, 0.2) is 11.7 Å². The number of aliphatic hydroxyl groups is 3. The van der Waals surface area contributed by atoms with Gasteiger partial charge >= 0.3 is 0 Å². The van der Waals surface area contributed by atoms with Gasteiger partial charge in [-0.2, -0.15) is 0 Å². The summed E-state index contributed by atoms with van der Waals surface area (Å²) in [5.41, 5.74) is -1.01. The number of aliphatic hydroxyl groups excluding tert-OH is 1. The summed E-state index contributed by atoms with van der Waals surface area (Å²) in [5.74, 6) is 1.43. The summed E-state index contributed by atoms with van der Waals surface area (Å²) in [6.45, 7) is 3.01. The van der Waals surface area contributed by atoms with Gasteiger partial charge in [0.2, 0.25) is 0 Å². The number of hydrogen-bond donors (Lipinski definition) is 4. The summed E-state index contributed by atoms with van der Waals surface area (Å²) in [6.07, 6.45) is -1.70. The SMILES string of the molecule is COc1ccc2c(c1CC(O)C(C)(C)O)OC1c3ccc(O)cc3OCC21O. The molecular formula is C21H24O7. The first-order chi connectivity index (χ1) is 13.1. The minimum Gasteiger partial charge on any atom is -0.508 e. The molecule has 150 valence electrons. The van der Waals surface area contributed by atoms with E-state index in [4.69, 9.17) is 14.2 Å². The predicted molar refractivity (Wildman–Crippen MR) is 99.9 cm³/mol. The van der Waals surface area contributed by atoms with E-state index in [1.165, 1.54) is 33.1 Å². The van der Waals surface area contributed by atoms with Crippen LogP contribution in [0.2, 0.25) is 0 Å². The normalized spacial score (nSPS) is 23.7. The quantitative estimate of drug-likeness (QED) is 0.632. The third-order valence-corrected chi connectivity index (χ3v) is 5.51. The molecule has 0 spiro atoms. The van der Waals surface area contributed by atoms with Crippen LogP contribution in [0.25, 0.3) is 0 Å². The van der Waals surface area contributed by atoms with Crippen LogP contribution >= 0.6 is 0 Å². The number of ether oxygens (including phenoxy) is 3. The lowest BCUT2D eigenvalue weighted by Gasteiger charge is -2.34. The molecule has 0 amide bonds. The van der Waals surface area contributed by atoms with Crippen LogP contribution in [-0.2, 0) is 12.0 Å². The van der Waals surface area contributed by atoms with Crippen molar-refractivity contribution in [3.05, 3.63) is 47.0 Å². The number of phenolic OH excluding ortho intramolecular Hbond substituents is 1. The molecule has 0 bridgehead atoms. The molecule has 0 saturated carbocycles. The van der Waals surface area contributed by atoms with Crippen molar-refractivity contribution < 1.29 is 34.6 Å². The number of aromatic hydroxyl groups is 1. The lowest BCUT2D eigenvalue weighted by Crippen LogP contribution is -2.41. The number of methoxy groups -OCH3 is 1. The molecule has 7 heteroatoms. The Kier molecular flexibility index (Phi) is 4.22. The van der Waals surface area contributed by atoms with Gasteiger partial charge in [-0.1, -0.05) is 0 Å². The number of rotatable bonds is 4. The Labute approximate surface area is 162 Å². The van der Waals surface area contributed by atoms with Crippen LogP contribution in [0.3, 0.4) is 0 Å². The Balaban J connectivity index is 1.81. The van der Waals surface area contributed by atoms with Crippen molar-refractivity contribution in [1.82, 2.24) is 0 Å². The fourth-order valence-corrected chi connectivity index (χ4v) is 3.80. The smallest absolute Gasteiger partial charge is 0.168 e. The van der Waals surface area contributed by atoms with E-state index in [2.05, 4.69) is 0 Å². The van der Waals surface area contributed by atoms with Crippen molar-refractivity contribution in [2.45, 2.75) is 43.7 Å². The summed E-state index contributed by atoms with van der Waals surface area (Å²) in [7, 11) is 1.51. The maximum atomic E-state index is 11.4. The lowest BCUT2D eigenvalue weighted by atomic mass is 9.83. The van der Waals surface area contributed by atoms with Crippen LogP contribution < -0.4 is 14.2 Å². The summed E-state index contributed by atoms with van der Waals surface area (Å²) in [5, 5.41) is 41.7. The monoisotopic (exact) mass is 388 g/mol. The van der Waals surface area contributed by atoms with Crippen LogP contribution in [0.5, 0.6) is 23.0 Å². The second kappa shape index (κ2) is 6.27. The highest BCUT2D eigenvalue weighted by Crippen LogP contribution is 2.56. The van der Waals surface area contributed by atoms with Gasteiger partial charge in [-0.3, -0.25) is 0 Å². The lowest BCUT2D eigenvalue weighted by molar-refractivity contribution is -0.0866. The minimum absolute atomic E-state index is 0.0407. The van der Waals surface area contributed by atoms with E-state index in [1.807, 2.05) is 0 Å². The number of hydrogen-bond acceptors (Lipinski definition) is 7. The van der Waals surface area contributed by atoms with E-state index in [0.717, 1.165) is 0 Å². The second-order valence-electron chi connectivity index (χ2n) is 7.93. The molecule has 0 fully saturated rings. The maximum Gasteiger partial charge on any atom is 0.168 e. The van der Waals surface area contributed by atoms with E-state index in [-0.39, 0.29) is 18.8 Å². The minimum atomic E-state index is -1.42. The van der Waals surface area contributed by atoms with Crippen molar-refractivity contribution in [3.63, 3.8) is 0 Å². The Morgan fingerprint density at radius 2 is 2.04 bits per heavy atom. The van der Waals surface area contributed by atoms with E-state index in [1.54, 1.807) is 18.2 Å². The zero-order valence-corrected chi connectivity index (χ0v) is 16.0. The van der Waals surface area contributed by atoms with Gasteiger partial charge in [0.05, 0.1) is 18.8 Å². The standard InChI is InChI=1S/C21H24O7/c1-20(2,24)17(23)9-13-15(26-3)7-6-14-18(13)28-19-12-5-4-11(22)8-16(12)27-10-21(14,19)25/h4-8,17,19,22-25H,9-10H2,1-3H3. The molecule has 2 heterocycles. The predicted octanol–water partition coefficient (Wildman–Crippen LogP) is 1.79. The average Bonchev–Trinajstić information content (AvgIpc) is 2.94. The van der Waals surface area contributed by atoms with E-state index in [0.29, 0.717) is 33.9 Å². The van der Waals surface area contributed by atoms with E-state index < -0.39 is 23.4 Å². The van der Waals surface area contributed by atoms with Crippen LogP contribution in [0, 0.1) is 0 Å². The molecule has 3 unspecified atom stereocenters. The van der Waals surface area contributed by atoms with Crippen molar-refractivity contribution in [3.8, 4) is 23.0 Å². The van der Waals surface area contributed by atoms with E-state index >= 15 is 0 Å². The molecule has 4 N–H and O–H groups in total. The van der Waals surface area contributed by atoms with Gasteiger partial charge in [-0.15, -0.1) is 0 Å². The Hall–Kier alpha value is -2.48. The molecule has 0 radical (unpaired) electrons. The van der Waals surface area contributed by atoms with Gasteiger partial charge < -0.3 is 34.6 Å². The Morgan fingerprint density at radius 3 is 2.71 bits per heavy atom. The molecule has 0 aliphatic carbocycles. The molecule has 4 rings (SSSR count). The maximum absolute atomic E-state index is 11.4. The van der Waals surface area contributed by atoms with Crippen molar-refractivity contribution >= 4 is 0 Å². The first-order valence-electron chi connectivity index (χ1n) is 9.10. The summed E-state index contributed by atoms with van der Waals surface area (Å²) < 4.78 is 17.3. The molecule has 28 heavy (non-hydrogen) atoms. The first kappa shape index (κ1) is 18.9. The zero-order valence-electron chi connectivity index (χ0n) is 16.0. The van der Waals surface area contributed by atoms with Crippen molar-refractivity contribution in [1.29, 1.82) is 0 Å². The fourth-order valence-electron chi connectivity index (χ4n) is 3.80. The molecule has 2 aliphatic rings.